The van der Waals surface area contributed by atoms with E-state index in [-0.39, 0.29) is 9.24 Å². The molecule has 0 aliphatic rings. The van der Waals surface area contributed by atoms with Crippen molar-refractivity contribution in [3.8, 4) is 33.2 Å². The molecular weight excluding hydrogens is 418 g/mol. The molecule has 4 rings (SSSR count). The van der Waals surface area contributed by atoms with Gasteiger partial charge < -0.3 is 9.47 Å². The predicted octanol–water partition coefficient (Wildman–Crippen LogP) is 5.33. The predicted molar refractivity (Wildman–Crippen MR) is 118 cm³/mol. The maximum Gasteiger partial charge on any atom is 0.233 e. The first kappa shape index (κ1) is 20.1. The summed E-state index contributed by atoms with van der Waals surface area (Å²) in [6, 6.07) is 23.3. The molecule has 1 heterocycles. The van der Waals surface area contributed by atoms with Gasteiger partial charge in [-0.3, -0.25) is 0 Å². The van der Waals surface area contributed by atoms with Crippen molar-refractivity contribution >= 4 is 21.2 Å². The number of sulfone groups is 1. The average molecular weight is 438 g/mol. The molecule has 0 N–H and O–H groups in total. The molecule has 0 unspecified atom stereocenters. The molecule has 1 aromatic heterocycles. The molecule has 7 heteroatoms. The highest BCUT2D eigenvalue weighted by Gasteiger charge is 2.25. The van der Waals surface area contributed by atoms with Gasteiger partial charge in [0.15, 0.2) is 0 Å². The van der Waals surface area contributed by atoms with E-state index in [1.54, 1.807) is 44.6 Å². The lowest BCUT2D eigenvalue weighted by Crippen LogP contribution is -2.01. The quantitative estimate of drug-likeness (QED) is 0.408. The Labute approximate surface area is 179 Å². The Morgan fingerprint density at radius 1 is 0.733 bits per heavy atom. The van der Waals surface area contributed by atoms with E-state index in [2.05, 4.69) is 4.98 Å². The summed E-state index contributed by atoms with van der Waals surface area (Å²) >= 11 is 1.16. The summed E-state index contributed by atoms with van der Waals surface area (Å²) in [6.07, 6.45) is 0. The van der Waals surface area contributed by atoms with Gasteiger partial charge in [-0.2, -0.15) is 0 Å². The third kappa shape index (κ3) is 3.81. The average Bonchev–Trinajstić information content (AvgIpc) is 3.26. The molecular formula is C23H19NO4S2. The van der Waals surface area contributed by atoms with E-state index in [1.807, 2.05) is 48.5 Å². The zero-order valence-electron chi connectivity index (χ0n) is 16.4. The van der Waals surface area contributed by atoms with E-state index >= 15 is 0 Å². The van der Waals surface area contributed by atoms with Crippen molar-refractivity contribution in [3.05, 3.63) is 78.9 Å². The van der Waals surface area contributed by atoms with E-state index in [0.717, 1.165) is 38.8 Å². The van der Waals surface area contributed by atoms with Gasteiger partial charge in [0.05, 0.1) is 29.7 Å². The number of benzene rings is 3. The van der Waals surface area contributed by atoms with Crippen LogP contribution in [0.2, 0.25) is 0 Å². The maximum atomic E-state index is 13.2. The van der Waals surface area contributed by atoms with E-state index < -0.39 is 9.84 Å². The summed E-state index contributed by atoms with van der Waals surface area (Å²) in [4.78, 5) is 5.56. The third-order valence-corrected chi connectivity index (χ3v) is 7.86. The molecule has 0 fully saturated rings. The minimum absolute atomic E-state index is 0.0605. The second-order valence-corrected chi connectivity index (χ2v) is 9.55. The van der Waals surface area contributed by atoms with Crippen LogP contribution in [0.5, 0.6) is 11.5 Å². The molecule has 0 aliphatic carbocycles. The molecule has 0 spiro atoms. The van der Waals surface area contributed by atoms with Crippen LogP contribution in [0.1, 0.15) is 0 Å². The van der Waals surface area contributed by atoms with Gasteiger partial charge in [0.25, 0.3) is 0 Å². The lowest BCUT2D eigenvalue weighted by molar-refractivity contribution is 0.414. The van der Waals surface area contributed by atoms with Crippen molar-refractivity contribution in [2.75, 3.05) is 14.2 Å². The molecule has 0 radical (unpaired) electrons. The number of aromatic nitrogens is 1. The Morgan fingerprint density at radius 3 is 1.80 bits per heavy atom. The highest BCUT2D eigenvalue weighted by Crippen LogP contribution is 2.40. The smallest absolute Gasteiger partial charge is 0.233 e. The monoisotopic (exact) mass is 437 g/mol. The van der Waals surface area contributed by atoms with Gasteiger partial charge in [-0.05, 0) is 66.2 Å². The third-order valence-electron chi connectivity index (χ3n) is 4.61. The highest BCUT2D eigenvalue weighted by molar-refractivity contribution is 7.93. The Bertz CT molecular complexity index is 1180. The fraction of sp³-hybridized carbons (Fsp3) is 0.0870. The first-order valence-corrected chi connectivity index (χ1v) is 11.4. The number of methoxy groups -OCH3 is 2. The molecule has 5 nitrogen and oxygen atoms in total. The molecule has 0 aliphatic heterocycles. The summed E-state index contributed by atoms with van der Waals surface area (Å²) in [5, 5.41) is 0. The zero-order valence-corrected chi connectivity index (χ0v) is 18.0. The number of nitrogens with zero attached hydrogens (tertiary/aromatic N) is 1. The molecule has 0 atom stereocenters. The standard InChI is InChI=1S/C23H19NO4S2/c1-27-18-12-8-16(9-13-18)21-22(17-10-14-19(28-2)15-11-17)29-23(24-21)30(25,26)20-6-4-3-5-7-20/h3-15H,1-2H3. The Hall–Kier alpha value is -3.16. The maximum absolute atomic E-state index is 13.2. The molecule has 0 saturated carbocycles. The number of hydrogen-bond acceptors (Lipinski definition) is 6. The van der Waals surface area contributed by atoms with Crippen LogP contribution in [-0.4, -0.2) is 27.6 Å². The fourth-order valence-corrected chi connectivity index (χ4v) is 5.73. The van der Waals surface area contributed by atoms with Gasteiger partial charge in [0, 0.05) is 5.56 Å². The van der Waals surface area contributed by atoms with E-state index in [4.69, 9.17) is 9.47 Å². The first-order chi connectivity index (χ1) is 14.5. The second kappa shape index (κ2) is 8.30. The molecule has 152 valence electrons. The fourth-order valence-electron chi connectivity index (χ4n) is 3.00. The van der Waals surface area contributed by atoms with Gasteiger partial charge in [-0.15, -0.1) is 11.3 Å². The van der Waals surface area contributed by atoms with Crippen molar-refractivity contribution in [3.63, 3.8) is 0 Å². The SMILES string of the molecule is COc1ccc(-c2nc(S(=O)(=O)c3ccccc3)sc2-c2ccc(OC)cc2)cc1. The van der Waals surface area contributed by atoms with Crippen LogP contribution in [0.15, 0.2) is 88.1 Å². The minimum atomic E-state index is -3.72. The summed E-state index contributed by atoms with van der Waals surface area (Å²) in [5.41, 5.74) is 2.29. The highest BCUT2D eigenvalue weighted by atomic mass is 32.2. The van der Waals surface area contributed by atoms with Gasteiger partial charge >= 0.3 is 0 Å². The van der Waals surface area contributed by atoms with E-state index in [9.17, 15) is 8.42 Å². The number of rotatable bonds is 6. The van der Waals surface area contributed by atoms with E-state index in [1.165, 1.54) is 0 Å². The minimum Gasteiger partial charge on any atom is -0.497 e. The van der Waals surface area contributed by atoms with Crippen molar-refractivity contribution in [2.45, 2.75) is 9.24 Å². The van der Waals surface area contributed by atoms with Crippen molar-refractivity contribution in [1.29, 1.82) is 0 Å². The largest absolute Gasteiger partial charge is 0.497 e. The summed E-state index contributed by atoms with van der Waals surface area (Å²) in [6.45, 7) is 0. The lowest BCUT2D eigenvalue weighted by atomic mass is 10.1. The molecule has 30 heavy (non-hydrogen) atoms. The Kier molecular flexibility index (Phi) is 5.57. The van der Waals surface area contributed by atoms with Gasteiger partial charge in [-0.1, -0.05) is 18.2 Å². The number of thiazole rings is 1. The van der Waals surface area contributed by atoms with Gasteiger partial charge in [-0.25, -0.2) is 13.4 Å². The first-order valence-electron chi connectivity index (χ1n) is 9.13. The molecule has 4 aromatic rings. The number of ether oxygens (including phenoxy) is 2. The molecule has 3 aromatic carbocycles. The van der Waals surface area contributed by atoms with Crippen LogP contribution in [-0.2, 0) is 9.84 Å². The zero-order chi connectivity index (χ0) is 21.1. The van der Waals surface area contributed by atoms with Gasteiger partial charge in [0.1, 0.15) is 11.5 Å². The lowest BCUT2D eigenvalue weighted by Gasteiger charge is -2.05. The molecule has 0 saturated heterocycles. The number of hydrogen-bond donors (Lipinski definition) is 0. The van der Waals surface area contributed by atoms with E-state index in [0.29, 0.717) is 5.69 Å². The topological polar surface area (TPSA) is 65.5 Å². The van der Waals surface area contributed by atoms with Crippen LogP contribution in [0.25, 0.3) is 21.7 Å². The van der Waals surface area contributed by atoms with Crippen LogP contribution in [0.4, 0.5) is 0 Å². The van der Waals surface area contributed by atoms with Crippen molar-refractivity contribution in [1.82, 2.24) is 4.98 Å². The van der Waals surface area contributed by atoms with Crippen molar-refractivity contribution < 1.29 is 17.9 Å². The van der Waals surface area contributed by atoms with Crippen molar-refractivity contribution in [2.24, 2.45) is 0 Å². The Morgan fingerprint density at radius 2 is 1.27 bits per heavy atom. The normalized spacial score (nSPS) is 11.3. The summed E-state index contributed by atoms with van der Waals surface area (Å²) < 4.78 is 36.9. The second-order valence-electron chi connectivity index (χ2n) is 6.43. The van der Waals surface area contributed by atoms with Crippen LogP contribution >= 0.6 is 11.3 Å². The van der Waals surface area contributed by atoms with Crippen LogP contribution < -0.4 is 9.47 Å². The molecule has 0 bridgehead atoms. The van der Waals surface area contributed by atoms with Gasteiger partial charge in [0.2, 0.25) is 14.2 Å². The van der Waals surface area contributed by atoms with Crippen LogP contribution in [0.3, 0.4) is 0 Å². The summed E-state index contributed by atoms with van der Waals surface area (Å²) in [7, 11) is -0.516. The Balaban J connectivity index is 1.88. The van der Waals surface area contributed by atoms with Crippen LogP contribution in [0, 0.1) is 0 Å². The summed E-state index contributed by atoms with van der Waals surface area (Å²) in [5.74, 6) is 1.45. The molecule has 0 amide bonds.